The van der Waals surface area contributed by atoms with E-state index in [1.807, 2.05) is 12.1 Å². The summed E-state index contributed by atoms with van der Waals surface area (Å²) in [5.41, 5.74) is 0.956. The summed E-state index contributed by atoms with van der Waals surface area (Å²) in [6, 6.07) is 8.62. The van der Waals surface area contributed by atoms with Crippen molar-refractivity contribution in [1.82, 2.24) is 15.1 Å². The molecule has 2 saturated heterocycles. The van der Waals surface area contributed by atoms with E-state index in [-0.39, 0.29) is 17.2 Å². The zero-order valence-corrected chi connectivity index (χ0v) is 20.3. The molecular weight excluding hydrogens is 414 g/mol. The van der Waals surface area contributed by atoms with Crippen LogP contribution in [0, 0.1) is 5.41 Å². The monoisotopic (exact) mass is 455 g/mol. The van der Waals surface area contributed by atoms with Crippen LogP contribution in [-0.2, 0) is 16.0 Å². The molecule has 1 aromatic rings. The maximum Gasteiger partial charge on any atom is 0.236 e. The first-order valence-corrected chi connectivity index (χ1v) is 13.1. The molecular formula is C27H41N3O3. The molecule has 1 N–H and O–H groups in total. The number of carbonyl (C=O) groups excluding carboxylic acids is 2. The number of nitrogens with zero attached hydrogens (tertiary/aromatic N) is 2. The third-order valence-electron chi connectivity index (χ3n) is 8.00. The lowest BCUT2D eigenvalue weighted by atomic mass is 9.73. The number of fused-ring (bicyclic) bond motifs is 1. The molecule has 1 aromatic carbocycles. The average molecular weight is 456 g/mol. The van der Waals surface area contributed by atoms with Crippen molar-refractivity contribution in [2.75, 3.05) is 39.3 Å². The molecule has 182 valence electrons. The van der Waals surface area contributed by atoms with Crippen LogP contribution >= 0.6 is 0 Å². The fraction of sp³-hybridized carbons (Fsp3) is 0.704. The molecule has 0 saturated carbocycles. The Balaban J connectivity index is 1.33. The topological polar surface area (TPSA) is 61.9 Å². The Bertz CT molecular complexity index is 804. The van der Waals surface area contributed by atoms with Crippen LogP contribution in [0.15, 0.2) is 24.3 Å². The number of amides is 2. The SMILES string of the molecule is CC1CCCCN1C(=O)CN1CCC2(CCCCCc3ccccc3OCCNC2=O)CC1. The first-order valence-electron chi connectivity index (χ1n) is 13.1. The highest BCUT2D eigenvalue weighted by Gasteiger charge is 2.41. The maximum atomic E-state index is 13.3. The van der Waals surface area contributed by atoms with Gasteiger partial charge in [-0.15, -0.1) is 0 Å². The average Bonchev–Trinajstić information content (AvgIpc) is 2.84. The number of aryl methyl sites for hydroxylation is 1. The van der Waals surface area contributed by atoms with Crippen molar-refractivity contribution in [3.8, 4) is 5.75 Å². The van der Waals surface area contributed by atoms with E-state index in [0.717, 1.165) is 83.2 Å². The summed E-state index contributed by atoms with van der Waals surface area (Å²) in [5.74, 6) is 1.38. The standard InChI is InChI=1S/C27H41N3O3/c1-22-9-6-8-17-30(22)25(31)21-29-18-14-27(15-19-29)13-7-2-3-10-23-11-4-5-12-24(23)33-20-16-28-26(27)32/h4-5,11-12,22H,2-3,6-10,13-21H2,1H3,(H,28,32). The molecule has 2 fully saturated rings. The van der Waals surface area contributed by atoms with Gasteiger partial charge >= 0.3 is 0 Å². The van der Waals surface area contributed by atoms with Gasteiger partial charge in [0.25, 0.3) is 0 Å². The van der Waals surface area contributed by atoms with E-state index in [4.69, 9.17) is 4.74 Å². The second kappa shape index (κ2) is 11.4. The summed E-state index contributed by atoms with van der Waals surface area (Å²) in [7, 11) is 0. The third-order valence-corrected chi connectivity index (χ3v) is 8.00. The summed E-state index contributed by atoms with van der Waals surface area (Å²) in [6.07, 6.45) is 10.4. The van der Waals surface area contributed by atoms with Gasteiger partial charge in [-0.1, -0.05) is 31.0 Å². The molecule has 0 radical (unpaired) electrons. The van der Waals surface area contributed by atoms with Gasteiger partial charge < -0.3 is 15.0 Å². The zero-order chi connectivity index (χ0) is 23.1. The number of benzene rings is 1. The molecule has 4 rings (SSSR count). The smallest absolute Gasteiger partial charge is 0.236 e. The number of hydrogen-bond acceptors (Lipinski definition) is 4. The normalized spacial score (nSPS) is 25.1. The van der Waals surface area contributed by atoms with Crippen LogP contribution in [0.3, 0.4) is 0 Å². The number of carbonyl (C=O) groups is 2. The minimum absolute atomic E-state index is 0.175. The number of rotatable bonds is 2. The molecule has 6 heteroatoms. The largest absolute Gasteiger partial charge is 0.491 e. The van der Waals surface area contributed by atoms with E-state index in [0.29, 0.717) is 25.7 Å². The van der Waals surface area contributed by atoms with Crippen molar-refractivity contribution in [3.05, 3.63) is 29.8 Å². The minimum Gasteiger partial charge on any atom is -0.491 e. The van der Waals surface area contributed by atoms with Gasteiger partial charge in [-0.25, -0.2) is 0 Å². The molecule has 1 spiro atoms. The summed E-state index contributed by atoms with van der Waals surface area (Å²) in [4.78, 5) is 30.5. The second-order valence-corrected chi connectivity index (χ2v) is 10.3. The number of likely N-dealkylation sites (tertiary alicyclic amines) is 2. The van der Waals surface area contributed by atoms with Crippen molar-refractivity contribution in [2.24, 2.45) is 5.41 Å². The second-order valence-electron chi connectivity index (χ2n) is 10.3. The molecule has 33 heavy (non-hydrogen) atoms. The molecule has 0 bridgehead atoms. The Morgan fingerprint density at radius 1 is 1.06 bits per heavy atom. The number of para-hydroxylation sites is 1. The van der Waals surface area contributed by atoms with Crippen molar-refractivity contribution in [3.63, 3.8) is 0 Å². The number of piperidine rings is 2. The van der Waals surface area contributed by atoms with Gasteiger partial charge in [0.1, 0.15) is 12.4 Å². The van der Waals surface area contributed by atoms with Crippen molar-refractivity contribution in [1.29, 1.82) is 0 Å². The van der Waals surface area contributed by atoms with Gasteiger partial charge in [0.2, 0.25) is 11.8 Å². The highest BCUT2D eigenvalue weighted by atomic mass is 16.5. The summed E-state index contributed by atoms with van der Waals surface area (Å²) in [5, 5.41) is 3.17. The van der Waals surface area contributed by atoms with Crippen LogP contribution in [0.4, 0.5) is 0 Å². The first kappa shape index (κ1) is 24.1. The molecule has 1 atom stereocenters. The Labute approximate surface area is 199 Å². The van der Waals surface area contributed by atoms with E-state index >= 15 is 0 Å². The summed E-state index contributed by atoms with van der Waals surface area (Å²) < 4.78 is 5.99. The van der Waals surface area contributed by atoms with E-state index in [1.165, 1.54) is 12.0 Å². The highest BCUT2D eigenvalue weighted by molar-refractivity contribution is 5.83. The Morgan fingerprint density at radius 2 is 1.88 bits per heavy atom. The van der Waals surface area contributed by atoms with Crippen LogP contribution < -0.4 is 10.1 Å². The number of ether oxygens (including phenoxy) is 1. The molecule has 1 unspecified atom stereocenters. The lowest BCUT2D eigenvalue weighted by Crippen LogP contribution is -2.52. The lowest BCUT2D eigenvalue weighted by molar-refractivity contribution is -0.138. The van der Waals surface area contributed by atoms with Crippen LogP contribution in [0.1, 0.15) is 70.3 Å². The van der Waals surface area contributed by atoms with Crippen molar-refractivity contribution in [2.45, 2.75) is 77.2 Å². The van der Waals surface area contributed by atoms with Gasteiger partial charge in [0, 0.05) is 12.6 Å². The Morgan fingerprint density at radius 3 is 2.70 bits per heavy atom. The zero-order valence-electron chi connectivity index (χ0n) is 20.3. The molecule has 0 aliphatic carbocycles. The molecule has 2 amide bonds. The molecule has 3 aliphatic rings. The number of hydrogen-bond donors (Lipinski definition) is 1. The summed E-state index contributed by atoms with van der Waals surface area (Å²) in [6.45, 7) is 6.23. The van der Waals surface area contributed by atoms with Crippen molar-refractivity contribution >= 4 is 11.8 Å². The van der Waals surface area contributed by atoms with E-state index in [1.54, 1.807) is 0 Å². The van der Waals surface area contributed by atoms with Crippen LogP contribution in [0.2, 0.25) is 0 Å². The van der Waals surface area contributed by atoms with Gasteiger partial charge in [0.05, 0.1) is 18.5 Å². The van der Waals surface area contributed by atoms with Crippen LogP contribution in [0.5, 0.6) is 5.75 Å². The molecule has 3 aliphatic heterocycles. The lowest BCUT2D eigenvalue weighted by Gasteiger charge is -2.42. The maximum absolute atomic E-state index is 13.3. The molecule has 0 aromatic heterocycles. The Kier molecular flexibility index (Phi) is 8.29. The predicted molar refractivity (Wildman–Crippen MR) is 130 cm³/mol. The van der Waals surface area contributed by atoms with Crippen LogP contribution in [0.25, 0.3) is 0 Å². The van der Waals surface area contributed by atoms with Gasteiger partial charge in [-0.2, -0.15) is 0 Å². The van der Waals surface area contributed by atoms with Gasteiger partial charge in [-0.05, 0) is 83.0 Å². The Hall–Kier alpha value is -2.08. The first-order chi connectivity index (χ1) is 16.1. The van der Waals surface area contributed by atoms with Crippen LogP contribution in [-0.4, -0.2) is 67.0 Å². The third kappa shape index (κ3) is 6.08. The molecule has 3 heterocycles. The fourth-order valence-electron chi connectivity index (χ4n) is 5.80. The van der Waals surface area contributed by atoms with Crippen molar-refractivity contribution < 1.29 is 14.3 Å². The van der Waals surface area contributed by atoms with E-state index < -0.39 is 0 Å². The predicted octanol–water partition coefficient (Wildman–Crippen LogP) is 3.78. The van der Waals surface area contributed by atoms with E-state index in [9.17, 15) is 9.59 Å². The quantitative estimate of drug-likeness (QED) is 0.737. The van der Waals surface area contributed by atoms with E-state index in [2.05, 4.69) is 34.2 Å². The van der Waals surface area contributed by atoms with Gasteiger partial charge in [0.15, 0.2) is 0 Å². The number of nitrogens with one attached hydrogen (secondary N) is 1. The van der Waals surface area contributed by atoms with Gasteiger partial charge in [-0.3, -0.25) is 14.5 Å². The summed E-state index contributed by atoms with van der Waals surface area (Å²) >= 11 is 0. The fourth-order valence-corrected chi connectivity index (χ4v) is 5.80. The minimum atomic E-state index is -0.307. The molecule has 6 nitrogen and oxygen atoms in total. The highest BCUT2D eigenvalue weighted by Crippen LogP contribution is 2.37.